The second-order valence-electron chi connectivity index (χ2n) is 4.01. The van der Waals surface area contributed by atoms with Crippen LogP contribution in [-0.4, -0.2) is 0 Å². The second kappa shape index (κ2) is 5.21. The molecule has 88 valence electrons. The molecule has 2 aromatic carbocycles. The molecule has 0 amide bonds. The maximum atomic E-state index is 6.26. The smallest absolute Gasteiger partial charge is 0.0554 e. The molecule has 0 saturated heterocycles. The van der Waals surface area contributed by atoms with Crippen molar-refractivity contribution in [2.75, 3.05) is 0 Å². The Bertz CT molecular complexity index is 539. The van der Waals surface area contributed by atoms with Gasteiger partial charge in [-0.15, -0.1) is 0 Å². The topological polar surface area (TPSA) is 26.0 Å². The summed E-state index contributed by atoms with van der Waals surface area (Å²) in [6.45, 7) is 2.07. The van der Waals surface area contributed by atoms with Crippen LogP contribution in [0.1, 0.15) is 22.7 Å². The summed E-state index contributed by atoms with van der Waals surface area (Å²) >= 11 is 9.46. The molecular formula is C14H13BrClN. The summed E-state index contributed by atoms with van der Waals surface area (Å²) in [6.07, 6.45) is 0. The quantitative estimate of drug-likeness (QED) is 0.871. The van der Waals surface area contributed by atoms with E-state index in [4.69, 9.17) is 17.3 Å². The molecule has 0 aromatic heterocycles. The summed E-state index contributed by atoms with van der Waals surface area (Å²) in [5.41, 5.74) is 9.61. The number of rotatable bonds is 2. The van der Waals surface area contributed by atoms with Gasteiger partial charge in [0, 0.05) is 4.47 Å². The fourth-order valence-electron chi connectivity index (χ4n) is 1.82. The highest BCUT2D eigenvalue weighted by Gasteiger charge is 2.11. The third kappa shape index (κ3) is 2.71. The molecule has 1 unspecified atom stereocenters. The van der Waals surface area contributed by atoms with E-state index in [1.165, 1.54) is 5.56 Å². The lowest BCUT2D eigenvalue weighted by Gasteiger charge is -2.15. The van der Waals surface area contributed by atoms with Crippen molar-refractivity contribution in [2.45, 2.75) is 13.0 Å². The van der Waals surface area contributed by atoms with E-state index in [2.05, 4.69) is 35.0 Å². The Morgan fingerprint density at radius 2 is 1.88 bits per heavy atom. The van der Waals surface area contributed by atoms with Crippen LogP contribution in [0.5, 0.6) is 0 Å². The zero-order chi connectivity index (χ0) is 12.4. The first-order valence-electron chi connectivity index (χ1n) is 5.35. The van der Waals surface area contributed by atoms with Crippen LogP contribution in [-0.2, 0) is 0 Å². The lowest BCUT2D eigenvalue weighted by molar-refractivity contribution is 0.861. The van der Waals surface area contributed by atoms with E-state index in [1.807, 2.05) is 30.3 Å². The van der Waals surface area contributed by atoms with Gasteiger partial charge in [-0.1, -0.05) is 41.9 Å². The largest absolute Gasteiger partial charge is 0.320 e. The summed E-state index contributed by atoms with van der Waals surface area (Å²) < 4.78 is 0.889. The number of nitrogens with two attached hydrogens (primary N) is 1. The van der Waals surface area contributed by atoms with E-state index in [0.717, 1.165) is 15.6 Å². The Kier molecular flexibility index (Phi) is 3.87. The predicted molar refractivity (Wildman–Crippen MR) is 76.4 cm³/mol. The van der Waals surface area contributed by atoms with E-state index >= 15 is 0 Å². The monoisotopic (exact) mass is 309 g/mol. The van der Waals surface area contributed by atoms with Crippen LogP contribution in [0.2, 0.25) is 5.02 Å². The average molecular weight is 311 g/mol. The summed E-state index contributed by atoms with van der Waals surface area (Å²) in [5.74, 6) is 0. The van der Waals surface area contributed by atoms with Crippen molar-refractivity contribution in [2.24, 2.45) is 5.73 Å². The van der Waals surface area contributed by atoms with Crippen LogP contribution in [0.3, 0.4) is 0 Å². The Hall–Kier alpha value is -0.830. The third-order valence-corrected chi connectivity index (χ3v) is 4.06. The Balaban J connectivity index is 2.40. The van der Waals surface area contributed by atoms with Crippen molar-refractivity contribution >= 4 is 27.5 Å². The average Bonchev–Trinajstić information content (AvgIpc) is 2.32. The van der Waals surface area contributed by atoms with Crippen LogP contribution < -0.4 is 5.73 Å². The normalized spacial score (nSPS) is 12.5. The predicted octanol–water partition coefficient (Wildman–Crippen LogP) is 4.46. The number of aryl methyl sites for hydroxylation is 1. The Labute approximate surface area is 115 Å². The van der Waals surface area contributed by atoms with Crippen molar-refractivity contribution in [3.05, 3.63) is 68.7 Å². The molecule has 2 N–H and O–H groups in total. The van der Waals surface area contributed by atoms with Gasteiger partial charge >= 0.3 is 0 Å². The summed E-state index contributed by atoms with van der Waals surface area (Å²) in [4.78, 5) is 0. The number of hydrogen-bond acceptors (Lipinski definition) is 1. The molecule has 0 saturated carbocycles. The molecule has 0 radical (unpaired) electrons. The van der Waals surface area contributed by atoms with Crippen molar-refractivity contribution in [1.82, 2.24) is 0 Å². The molecule has 0 spiro atoms. The molecule has 2 rings (SSSR count). The fourth-order valence-corrected chi connectivity index (χ4v) is 2.26. The van der Waals surface area contributed by atoms with Crippen LogP contribution >= 0.6 is 27.5 Å². The minimum absolute atomic E-state index is 0.137. The van der Waals surface area contributed by atoms with Gasteiger partial charge in [0.15, 0.2) is 0 Å². The van der Waals surface area contributed by atoms with Crippen molar-refractivity contribution in [3.63, 3.8) is 0 Å². The maximum absolute atomic E-state index is 6.26. The van der Waals surface area contributed by atoms with Crippen LogP contribution in [0.4, 0.5) is 0 Å². The Morgan fingerprint density at radius 3 is 2.53 bits per heavy atom. The highest BCUT2D eigenvalue weighted by atomic mass is 79.9. The van der Waals surface area contributed by atoms with Crippen molar-refractivity contribution in [1.29, 1.82) is 0 Å². The van der Waals surface area contributed by atoms with E-state index < -0.39 is 0 Å². The molecule has 17 heavy (non-hydrogen) atoms. The van der Waals surface area contributed by atoms with Crippen LogP contribution in [0.25, 0.3) is 0 Å². The molecule has 0 bridgehead atoms. The molecule has 1 atom stereocenters. The van der Waals surface area contributed by atoms with E-state index in [0.29, 0.717) is 5.02 Å². The summed E-state index contributed by atoms with van der Waals surface area (Å²) in [6, 6.07) is 13.8. The summed E-state index contributed by atoms with van der Waals surface area (Å²) in [7, 11) is 0. The third-order valence-electron chi connectivity index (χ3n) is 2.83. The molecule has 1 nitrogen and oxygen atoms in total. The minimum atomic E-state index is -0.137. The molecule has 0 aliphatic heterocycles. The van der Waals surface area contributed by atoms with Gasteiger partial charge in [0.05, 0.1) is 11.1 Å². The minimum Gasteiger partial charge on any atom is -0.320 e. The van der Waals surface area contributed by atoms with Gasteiger partial charge in [-0.25, -0.2) is 0 Å². The lowest BCUT2D eigenvalue weighted by Crippen LogP contribution is -2.13. The maximum Gasteiger partial charge on any atom is 0.0554 e. The number of benzene rings is 2. The number of halogens is 2. The van der Waals surface area contributed by atoms with Gasteiger partial charge in [0.1, 0.15) is 0 Å². The van der Waals surface area contributed by atoms with Gasteiger partial charge in [0.25, 0.3) is 0 Å². The highest BCUT2D eigenvalue weighted by Crippen LogP contribution is 2.28. The zero-order valence-electron chi connectivity index (χ0n) is 9.45. The molecule has 0 aliphatic carbocycles. The fraction of sp³-hybridized carbons (Fsp3) is 0.143. The zero-order valence-corrected chi connectivity index (χ0v) is 11.8. The highest BCUT2D eigenvalue weighted by molar-refractivity contribution is 9.10. The molecule has 0 heterocycles. The van der Waals surface area contributed by atoms with Gasteiger partial charge in [0.2, 0.25) is 0 Å². The molecule has 0 aliphatic rings. The Morgan fingerprint density at radius 1 is 1.18 bits per heavy atom. The molecule has 2 aromatic rings. The van der Waals surface area contributed by atoms with Crippen LogP contribution in [0, 0.1) is 6.92 Å². The van der Waals surface area contributed by atoms with Gasteiger partial charge < -0.3 is 5.73 Å². The van der Waals surface area contributed by atoms with Crippen LogP contribution in [0.15, 0.2) is 46.9 Å². The second-order valence-corrected chi connectivity index (χ2v) is 5.27. The van der Waals surface area contributed by atoms with E-state index in [-0.39, 0.29) is 6.04 Å². The van der Waals surface area contributed by atoms with Gasteiger partial charge in [-0.2, -0.15) is 0 Å². The standard InChI is InChI=1S/C14H13BrClN/c1-9-4-2-3-5-11(9)14(17)10-6-7-12(15)13(16)8-10/h2-8,14H,17H2,1H3. The van der Waals surface area contributed by atoms with E-state index in [1.54, 1.807) is 0 Å². The first kappa shape index (κ1) is 12.6. The van der Waals surface area contributed by atoms with Crippen molar-refractivity contribution in [3.8, 4) is 0 Å². The molecular weight excluding hydrogens is 298 g/mol. The van der Waals surface area contributed by atoms with Gasteiger partial charge in [-0.05, 0) is 51.7 Å². The first-order valence-corrected chi connectivity index (χ1v) is 6.52. The summed E-state index contributed by atoms with van der Waals surface area (Å²) in [5, 5.41) is 0.687. The first-order chi connectivity index (χ1) is 8.09. The lowest BCUT2D eigenvalue weighted by atomic mass is 9.96. The number of hydrogen-bond donors (Lipinski definition) is 1. The molecule has 3 heteroatoms. The van der Waals surface area contributed by atoms with E-state index in [9.17, 15) is 0 Å². The van der Waals surface area contributed by atoms with Crippen molar-refractivity contribution < 1.29 is 0 Å². The SMILES string of the molecule is Cc1ccccc1C(N)c1ccc(Br)c(Cl)c1. The molecule has 0 fully saturated rings. The van der Waals surface area contributed by atoms with Gasteiger partial charge in [-0.3, -0.25) is 0 Å².